The van der Waals surface area contributed by atoms with Gasteiger partial charge in [-0.25, -0.2) is 4.79 Å². The van der Waals surface area contributed by atoms with Crippen molar-refractivity contribution in [3.63, 3.8) is 0 Å². The van der Waals surface area contributed by atoms with Crippen molar-refractivity contribution in [1.82, 2.24) is 4.98 Å². The molecule has 0 aliphatic heterocycles. The van der Waals surface area contributed by atoms with E-state index in [2.05, 4.69) is 4.98 Å². The second-order valence-electron chi connectivity index (χ2n) is 7.35. The number of esters is 2. The molecule has 0 aliphatic carbocycles. The fraction of sp³-hybridized carbons (Fsp3) is 0.391. The summed E-state index contributed by atoms with van der Waals surface area (Å²) in [6.45, 7) is 8.48. The predicted molar refractivity (Wildman–Crippen MR) is 111 cm³/mol. The molecule has 7 nitrogen and oxygen atoms in total. The number of ether oxygens (including phenoxy) is 2. The summed E-state index contributed by atoms with van der Waals surface area (Å²) in [5.74, 6) is -1.79. The van der Waals surface area contributed by atoms with E-state index in [0.29, 0.717) is 22.4 Å². The Balaban J connectivity index is 2.00. The third-order valence-electron chi connectivity index (χ3n) is 5.00. The van der Waals surface area contributed by atoms with Gasteiger partial charge in [0.15, 0.2) is 11.9 Å². The third kappa shape index (κ3) is 5.03. The molecule has 1 aromatic carbocycles. The van der Waals surface area contributed by atoms with Crippen LogP contribution in [0, 0.1) is 27.7 Å². The minimum absolute atomic E-state index is 0.00281. The molecule has 0 unspecified atom stereocenters. The van der Waals surface area contributed by atoms with Crippen molar-refractivity contribution in [1.29, 1.82) is 0 Å². The first-order valence-corrected chi connectivity index (χ1v) is 9.68. The number of carbonyl (C=O) groups excluding carboxylic acids is 4. The number of hydrogen-bond donors (Lipinski definition) is 1. The Morgan fingerprint density at radius 3 is 2.33 bits per heavy atom. The van der Waals surface area contributed by atoms with Crippen LogP contribution >= 0.6 is 0 Å². The summed E-state index contributed by atoms with van der Waals surface area (Å²) in [5, 5.41) is 0. The van der Waals surface area contributed by atoms with Crippen LogP contribution in [0.25, 0.3) is 0 Å². The molecule has 7 heteroatoms. The van der Waals surface area contributed by atoms with Gasteiger partial charge in [-0.15, -0.1) is 0 Å². The highest BCUT2D eigenvalue weighted by atomic mass is 16.5. The van der Waals surface area contributed by atoms with Crippen molar-refractivity contribution in [2.45, 2.75) is 53.6 Å². The molecule has 1 atom stereocenters. The van der Waals surface area contributed by atoms with Crippen molar-refractivity contribution >= 4 is 23.5 Å². The maximum Gasteiger partial charge on any atom is 0.339 e. The molecule has 0 bridgehead atoms. The van der Waals surface area contributed by atoms with Gasteiger partial charge in [-0.3, -0.25) is 14.4 Å². The van der Waals surface area contributed by atoms with Crippen LogP contribution in [0.5, 0.6) is 0 Å². The summed E-state index contributed by atoms with van der Waals surface area (Å²) >= 11 is 0. The normalized spacial score (nSPS) is 11.7. The van der Waals surface area contributed by atoms with Crippen LogP contribution in [0.3, 0.4) is 0 Å². The zero-order valence-corrected chi connectivity index (χ0v) is 18.2. The van der Waals surface area contributed by atoms with Gasteiger partial charge in [0.2, 0.25) is 5.78 Å². The number of H-pyrrole nitrogens is 1. The van der Waals surface area contributed by atoms with E-state index >= 15 is 0 Å². The molecule has 0 saturated carbocycles. The van der Waals surface area contributed by atoms with Crippen LogP contribution in [0.1, 0.15) is 73.4 Å². The Labute approximate surface area is 175 Å². The largest absolute Gasteiger partial charge is 0.465 e. The lowest BCUT2D eigenvalue weighted by Crippen LogP contribution is -2.25. The Hall–Kier alpha value is -3.22. The first-order valence-electron chi connectivity index (χ1n) is 9.68. The number of ketones is 2. The molecule has 0 amide bonds. The van der Waals surface area contributed by atoms with Crippen LogP contribution in [0.4, 0.5) is 0 Å². The standard InChI is InChI=1S/C23H27NO6/c1-12-7-8-13(2)17(11-12)18(25)9-10-19(26)30-16(5)22(27)21-14(3)20(15(4)24-21)23(28)29-6/h7-8,11,16,24H,9-10H2,1-6H3/t16-/m1/s1. The Kier molecular flexibility index (Phi) is 7.32. The lowest BCUT2D eigenvalue weighted by atomic mass is 9.99. The maximum absolute atomic E-state index is 12.7. The fourth-order valence-electron chi connectivity index (χ4n) is 3.30. The molecule has 1 aromatic heterocycles. The van der Waals surface area contributed by atoms with Crippen LogP contribution in [0.2, 0.25) is 0 Å². The average molecular weight is 413 g/mol. The Bertz CT molecular complexity index is 1000. The van der Waals surface area contributed by atoms with Gasteiger partial charge in [-0.1, -0.05) is 17.7 Å². The van der Waals surface area contributed by atoms with Crippen LogP contribution in [-0.4, -0.2) is 41.7 Å². The van der Waals surface area contributed by atoms with Gasteiger partial charge >= 0.3 is 11.9 Å². The number of rotatable bonds is 8. The second kappa shape index (κ2) is 9.52. The highest BCUT2D eigenvalue weighted by Gasteiger charge is 2.27. The van der Waals surface area contributed by atoms with Crippen molar-refractivity contribution in [3.8, 4) is 0 Å². The number of aromatic nitrogens is 1. The van der Waals surface area contributed by atoms with E-state index in [9.17, 15) is 19.2 Å². The van der Waals surface area contributed by atoms with E-state index in [0.717, 1.165) is 11.1 Å². The maximum atomic E-state index is 12.7. The molecule has 2 rings (SSSR count). The first-order chi connectivity index (χ1) is 14.1. The summed E-state index contributed by atoms with van der Waals surface area (Å²) in [6, 6.07) is 5.58. The number of carbonyl (C=O) groups is 4. The zero-order chi connectivity index (χ0) is 22.6. The van der Waals surface area contributed by atoms with E-state index in [1.165, 1.54) is 14.0 Å². The molecule has 0 saturated heterocycles. The van der Waals surface area contributed by atoms with Crippen molar-refractivity contribution in [2.75, 3.05) is 7.11 Å². The summed E-state index contributed by atoms with van der Waals surface area (Å²) in [5.41, 5.74) is 3.82. The zero-order valence-electron chi connectivity index (χ0n) is 18.2. The summed E-state index contributed by atoms with van der Waals surface area (Å²) < 4.78 is 9.96. The first kappa shape index (κ1) is 23.1. The number of methoxy groups -OCH3 is 1. The molecule has 2 aromatic rings. The number of hydrogen-bond acceptors (Lipinski definition) is 6. The monoisotopic (exact) mass is 413 g/mol. The van der Waals surface area contributed by atoms with Crippen molar-refractivity contribution < 1.29 is 28.7 Å². The summed E-state index contributed by atoms with van der Waals surface area (Å²) in [7, 11) is 1.26. The van der Waals surface area contributed by atoms with Gasteiger partial charge in [-0.2, -0.15) is 0 Å². The topological polar surface area (TPSA) is 103 Å². The molecule has 0 spiro atoms. The summed E-state index contributed by atoms with van der Waals surface area (Å²) in [4.78, 5) is 52.0. The minimum Gasteiger partial charge on any atom is -0.465 e. The van der Waals surface area contributed by atoms with Gasteiger partial charge in [0.25, 0.3) is 0 Å². The summed E-state index contributed by atoms with van der Waals surface area (Å²) in [6.07, 6.45) is -1.19. The van der Waals surface area contributed by atoms with Crippen molar-refractivity contribution in [3.05, 3.63) is 57.4 Å². The predicted octanol–water partition coefficient (Wildman–Crippen LogP) is 3.81. The number of aryl methyl sites for hydroxylation is 3. The van der Waals surface area contributed by atoms with Crippen LogP contribution in [0.15, 0.2) is 18.2 Å². The molecular formula is C23H27NO6. The van der Waals surface area contributed by atoms with Crippen LogP contribution < -0.4 is 0 Å². The van der Waals surface area contributed by atoms with E-state index in [1.54, 1.807) is 19.9 Å². The molecule has 160 valence electrons. The van der Waals surface area contributed by atoms with Crippen LogP contribution in [-0.2, 0) is 14.3 Å². The van der Waals surface area contributed by atoms with Gasteiger partial charge in [0, 0.05) is 17.7 Å². The molecule has 0 fully saturated rings. The highest BCUT2D eigenvalue weighted by Crippen LogP contribution is 2.21. The quantitative estimate of drug-likeness (QED) is 0.521. The highest BCUT2D eigenvalue weighted by molar-refractivity contribution is 6.04. The fourth-order valence-corrected chi connectivity index (χ4v) is 3.30. The molecule has 0 aliphatic rings. The van der Waals surface area contributed by atoms with E-state index in [1.807, 2.05) is 26.0 Å². The second-order valence-corrected chi connectivity index (χ2v) is 7.35. The average Bonchev–Trinajstić information content (AvgIpc) is 3.00. The lowest BCUT2D eigenvalue weighted by Gasteiger charge is -2.12. The number of nitrogens with one attached hydrogen (secondary N) is 1. The lowest BCUT2D eigenvalue weighted by molar-refractivity contribution is -0.146. The van der Waals surface area contributed by atoms with Gasteiger partial charge in [0.05, 0.1) is 24.8 Å². The molecule has 1 heterocycles. The number of aromatic amines is 1. The van der Waals surface area contributed by atoms with Gasteiger partial charge in [-0.05, 0) is 51.8 Å². The smallest absolute Gasteiger partial charge is 0.339 e. The molecule has 1 N–H and O–H groups in total. The minimum atomic E-state index is -1.06. The van der Waals surface area contributed by atoms with Gasteiger partial charge in [0.1, 0.15) is 0 Å². The molecule has 0 radical (unpaired) electrons. The third-order valence-corrected chi connectivity index (χ3v) is 5.00. The van der Waals surface area contributed by atoms with E-state index in [-0.39, 0.29) is 24.3 Å². The molecule has 30 heavy (non-hydrogen) atoms. The molecular weight excluding hydrogens is 386 g/mol. The Morgan fingerprint density at radius 2 is 1.70 bits per heavy atom. The van der Waals surface area contributed by atoms with E-state index < -0.39 is 23.8 Å². The van der Waals surface area contributed by atoms with Crippen molar-refractivity contribution in [2.24, 2.45) is 0 Å². The van der Waals surface area contributed by atoms with Gasteiger partial charge < -0.3 is 14.5 Å². The Morgan fingerprint density at radius 1 is 1.03 bits per heavy atom. The number of Topliss-reactive ketones (excluding diaryl/α,β-unsaturated/α-hetero) is 2. The number of benzene rings is 1. The van der Waals surface area contributed by atoms with E-state index in [4.69, 9.17) is 9.47 Å². The SMILES string of the molecule is COC(=O)c1c(C)[nH]c(C(=O)[C@@H](C)OC(=O)CCC(=O)c2cc(C)ccc2C)c1C.